The molecular formula is C16H30N2O2. The van der Waals surface area contributed by atoms with Crippen molar-refractivity contribution >= 4 is 5.97 Å². The van der Waals surface area contributed by atoms with Crippen molar-refractivity contribution in [2.45, 2.75) is 51.5 Å². The lowest BCUT2D eigenvalue weighted by Gasteiger charge is -2.43. The molecule has 0 aromatic carbocycles. The van der Waals surface area contributed by atoms with E-state index in [1.165, 1.54) is 32.1 Å². The number of carbonyl (C=O) groups excluding carboxylic acids is 1. The van der Waals surface area contributed by atoms with Crippen LogP contribution in [-0.2, 0) is 9.53 Å². The van der Waals surface area contributed by atoms with E-state index in [0.29, 0.717) is 6.61 Å². The van der Waals surface area contributed by atoms with Crippen molar-refractivity contribution in [1.29, 1.82) is 0 Å². The molecule has 1 heterocycles. The quantitative estimate of drug-likeness (QED) is 0.784. The predicted octanol–water partition coefficient (Wildman–Crippen LogP) is 2.04. The number of likely N-dealkylation sites (N-methyl/N-ethyl adjacent to an activating group) is 1. The lowest BCUT2D eigenvalue weighted by atomic mass is 9.75. The molecule has 3 atom stereocenters. The highest BCUT2D eigenvalue weighted by molar-refractivity contribution is 5.80. The number of fused-ring (bicyclic) bond motifs is 1. The number of rotatable bonds is 5. The molecule has 0 aromatic heterocycles. The minimum atomic E-state index is -0.586. The highest BCUT2D eigenvalue weighted by Crippen LogP contribution is 2.36. The van der Waals surface area contributed by atoms with Crippen molar-refractivity contribution in [3.63, 3.8) is 0 Å². The number of carbonyl (C=O) groups is 1. The van der Waals surface area contributed by atoms with E-state index in [-0.39, 0.29) is 5.97 Å². The van der Waals surface area contributed by atoms with E-state index in [0.717, 1.165) is 31.5 Å². The lowest BCUT2D eigenvalue weighted by Crippen LogP contribution is -2.58. The molecule has 0 aromatic rings. The molecule has 1 aliphatic carbocycles. The van der Waals surface area contributed by atoms with Gasteiger partial charge in [-0.3, -0.25) is 4.79 Å². The molecule has 0 bridgehead atoms. The van der Waals surface area contributed by atoms with Crippen LogP contribution in [0.25, 0.3) is 0 Å². The number of esters is 1. The van der Waals surface area contributed by atoms with Gasteiger partial charge in [-0.2, -0.15) is 0 Å². The van der Waals surface area contributed by atoms with Gasteiger partial charge in [0.2, 0.25) is 0 Å². The van der Waals surface area contributed by atoms with Crippen LogP contribution in [0.5, 0.6) is 0 Å². The molecule has 0 amide bonds. The van der Waals surface area contributed by atoms with E-state index < -0.39 is 5.54 Å². The van der Waals surface area contributed by atoms with Gasteiger partial charge in [-0.05, 0) is 52.1 Å². The van der Waals surface area contributed by atoms with Gasteiger partial charge < -0.3 is 15.0 Å². The topological polar surface area (TPSA) is 41.6 Å². The third kappa shape index (κ3) is 3.53. The van der Waals surface area contributed by atoms with Crippen molar-refractivity contribution in [2.75, 3.05) is 33.3 Å². The Morgan fingerprint density at radius 1 is 1.30 bits per heavy atom. The zero-order valence-electron chi connectivity index (χ0n) is 13.3. The molecule has 1 N–H and O–H groups in total. The van der Waals surface area contributed by atoms with Gasteiger partial charge in [0.25, 0.3) is 0 Å². The van der Waals surface area contributed by atoms with Gasteiger partial charge in [0, 0.05) is 13.1 Å². The van der Waals surface area contributed by atoms with Gasteiger partial charge in [0.1, 0.15) is 5.54 Å². The van der Waals surface area contributed by atoms with Crippen LogP contribution in [0.4, 0.5) is 0 Å². The molecule has 2 fully saturated rings. The first-order chi connectivity index (χ1) is 9.59. The van der Waals surface area contributed by atoms with E-state index in [4.69, 9.17) is 4.74 Å². The molecular weight excluding hydrogens is 252 g/mol. The van der Waals surface area contributed by atoms with E-state index in [9.17, 15) is 4.79 Å². The number of nitrogens with one attached hydrogen (secondary N) is 1. The predicted molar refractivity (Wildman–Crippen MR) is 80.6 cm³/mol. The van der Waals surface area contributed by atoms with Crippen LogP contribution in [0.3, 0.4) is 0 Å². The Morgan fingerprint density at radius 2 is 2.00 bits per heavy atom. The van der Waals surface area contributed by atoms with Gasteiger partial charge >= 0.3 is 5.97 Å². The maximum Gasteiger partial charge on any atom is 0.327 e. The number of piperidine rings is 1. The molecule has 4 nitrogen and oxygen atoms in total. The lowest BCUT2D eigenvalue weighted by molar-refractivity contribution is -0.151. The first-order valence-electron chi connectivity index (χ1n) is 8.17. The normalized spacial score (nSPS) is 30.4. The number of hydrogen-bond acceptors (Lipinski definition) is 4. The maximum atomic E-state index is 12.1. The summed E-state index contributed by atoms with van der Waals surface area (Å²) in [5.74, 6) is 1.65. The largest absolute Gasteiger partial charge is 0.465 e. The highest BCUT2D eigenvalue weighted by Gasteiger charge is 2.38. The van der Waals surface area contributed by atoms with Crippen molar-refractivity contribution < 1.29 is 9.53 Å². The molecule has 116 valence electrons. The Kier molecular flexibility index (Phi) is 5.44. The summed E-state index contributed by atoms with van der Waals surface area (Å²) in [6.45, 7) is 7.30. The molecule has 1 aliphatic heterocycles. The third-order valence-electron chi connectivity index (χ3n) is 5.19. The standard InChI is InChI=1S/C16H30N2O2/c1-4-20-15(19)16(2,17-3)12-18-10-9-13-7-5-6-8-14(13)11-18/h13-14,17H,4-12H2,1-3H3. The number of nitrogens with zero attached hydrogens (tertiary/aromatic N) is 1. The second-order valence-electron chi connectivity index (χ2n) is 6.63. The number of ether oxygens (including phenoxy) is 1. The zero-order valence-corrected chi connectivity index (χ0v) is 13.3. The molecule has 1 saturated heterocycles. The summed E-state index contributed by atoms with van der Waals surface area (Å²) in [5, 5.41) is 3.17. The van der Waals surface area contributed by atoms with Crippen molar-refractivity contribution in [1.82, 2.24) is 10.2 Å². The fourth-order valence-electron chi connectivity index (χ4n) is 3.80. The molecule has 1 saturated carbocycles. The SMILES string of the molecule is CCOC(=O)C(C)(CN1CCC2CCCCC2C1)NC. The van der Waals surface area contributed by atoms with Crippen LogP contribution in [0.1, 0.15) is 46.0 Å². The highest BCUT2D eigenvalue weighted by atomic mass is 16.5. The van der Waals surface area contributed by atoms with Gasteiger partial charge in [-0.25, -0.2) is 0 Å². The van der Waals surface area contributed by atoms with Crippen molar-refractivity contribution in [3.05, 3.63) is 0 Å². The van der Waals surface area contributed by atoms with Crippen LogP contribution in [0, 0.1) is 11.8 Å². The van der Waals surface area contributed by atoms with Crippen LogP contribution in [0.2, 0.25) is 0 Å². The van der Waals surface area contributed by atoms with Crippen LogP contribution in [0.15, 0.2) is 0 Å². The van der Waals surface area contributed by atoms with E-state index in [2.05, 4.69) is 10.2 Å². The second-order valence-corrected chi connectivity index (χ2v) is 6.63. The maximum absolute atomic E-state index is 12.1. The first kappa shape index (κ1) is 15.8. The third-order valence-corrected chi connectivity index (χ3v) is 5.19. The van der Waals surface area contributed by atoms with Crippen molar-refractivity contribution in [2.24, 2.45) is 11.8 Å². The molecule has 20 heavy (non-hydrogen) atoms. The van der Waals surface area contributed by atoms with Gasteiger partial charge in [-0.15, -0.1) is 0 Å². The van der Waals surface area contributed by atoms with Crippen molar-refractivity contribution in [3.8, 4) is 0 Å². The summed E-state index contributed by atoms with van der Waals surface area (Å²) in [6, 6.07) is 0. The van der Waals surface area contributed by atoms with Gasteiger partial charge in [-0.1, -0.05) is 19.3 Å². The second kappa shape index (κ2) is 6.90. The zero-order chi connectivity index (χ0) is 14.6. The summed E-state index contributed by atoms with van der Waals surface area (Å²) in [4.78, 5) is 14.6. The summed E-state index contributed by atoms with van der Waals surface area (Å²) >= 11 is 0. The van der Waals surface area contributed by atoms with Crippen LogP contribution in [-0.4, -0.2) is 49.7 Å². The first-order valence-corrected chi connectivity index (χ1v) is 8.17. The van der Waals surface area contributed by atoms with Crippen LogP contribution < -0.4 is 5.32 Å². The monoisotopic (exact) mass is 282 g/mol. The Balaban J connectivity index is 1.92. The summed E-state index contributed by atoms with van der Waals surface area (Å²) in [5.41, 5.74) is -0.586. The Hall–Kier alpha value is -0.610. The van der Waals surface area contributed by atoms with E-state index >= 15 is 0 Å². The Bertz CT molecular complexity index is 334. The van der Waals surface area contributed by atoms with E-state index in [1.807, 2.05) is 20.9 Å². The molecule has 2 aliphatic rings. The molecule has 3 unspecified atom stereocenters. The fraction of sp³-hybridized carbons (Fsp3) is 0.938. The smallest absolute Gasteiger partial charge is 0.327 e. The van der Waals surface area contributed by atoms with Gasteiger partial charge in [0.15, 0.2) is 0 Å². The minimum absolute atomic E-state index is 0.131. The molecule has 4 heteroatoms. The minimum Gasteiger partial charge on any atom is -0.465 e. The molecule has 0 radical (unpaired) electrons. The number of hydrogen-bond donors (Lipinski definition) is 1. The Labute approximate surface area is 123 Å². The fourth-order valence-corrected chi connectivity index (χ4v) is 3.80. The summed E-state index contributed by atoms with van der Waals surface area (Å²) in [6.07, 6.45) is 6.89. The average molecular weight is 282 g/mol. The molecule has 0 spiro atoms. The number of likely N-dealkylation sites (tertiary alicyclic amines) is 1. The van der Waals surface area contributed by atoms with Gasteiger partial charge in [0.05, 0.1) is 6.61 Å². The van der Waals surface area contributed by atoms with E-state index in [1.54, 1.807) is 0 Å². The van der Waals surface area contributed by atoms with Crippen LogP contribution >= 0.6 is 0 Å². The summed E-state index contributed by atoms with van der Waals surface area (Å²) < 4.78 is 5.22. The molecule has 2 rings (SSSR count). The average Bonchev–Trinajstić information content (AvgIpc) is 2.47. The summed E-state index contributed by atoms with van der Waals surface area (Å²) in [7, 11) is 1.85. The Morgan fingerprint density at radius 3 is 2.65 bits per heavy atom.